The minimum Gasteiger partial charge on any atom is -0.484 e. The molecule has 1 aliphatic heterocycles. The molecule has 5 heteroatoms. The van der Waals surface area contributed by atoms with Gasteiger partial charge in [0.15, 0.2) is 6.61 Å². The molecule has 1 amide bonds. The fraction of sp³-hybridized carbons (Fsp3) is 0.353. The summed E-state index contributed by atoms with van der Waals surface area (Å²) in [6, 6.07) is 11.7. The van der Waals surface area contributed by atoms with E-state index in [-0.39, 0.29) is 12.5 Å². The molecule has 2 heterocycles. The predicted octanol–water partition coefficient (Wildman–Crippen LogP) is 3.38. The number of carbonyl (C=O) groups is 1. The second-order valence-electron chi connectivity index (χ2n) is 5.49. The van der Waals surface area contributed by atoms with E-state index in [0.29, 0.717) is 16.8 Å². The zero-order valence-electron chi connectivity index (χ0n) is 12.3. The van der Waals surface area contributed by atoms with Crippen LogP contribution in [-0.4, -0.2) is 35.1 Å². The molecule has 116 valence electrons. The van der Waals surface area contributed by atoms with Gasteiger partial charge in [-0.05, 0) is 43.2 Å². The molecule has 0 bridgehead atoms. The van der Waals surface area contributed by atoms with Crippen molar-refractivity contribution >= 4 is 17.5 Å². The third-order valence-corrected chi connectivity index (χ3v) is 4.26. The van der Waals surface area contributed by atoms with Crippen molar-refractivity contribution in [1.29, 1.82) is 0 Å². The number of hydrogen-bond donors (Lipinski definition) is 0. The van der Waals surface area contributed by atoms with Crippen molar-refractivity contribution < 1.29 is 9.53 Å². The van der Waals surface area contributed by atoms with Crippen LogP contribution in [-0.2, 0) is 4.79 Å². The third-order valence-electron chi connectivity index (χ3n) is 4.02. The minimum absolute atomic E-state index is 0.0333. The summed E-state index contributed by atoms with van der Waals surface area (Å²) in [5.74, 6) is 0.661. The zero-order valence-corrected chi connectivity index (χ0v) is 13.1. The van der Waals surface area contributed by atoms with Crippen LogP contribution in [0.1, 0.15) is 18.9 Å². The summed E-state index contributed by atoms with van der Waals surface area (Å²) in [6.07, 6.45) is 6.14. The van der Waals surface area contributed by atoms with E-state index < -0.39 is 0 Å². The standard InChI is InChI=1S/C17H19ClN2O2/c18-14-4-3-5-16(12-14)22-13-17(21)20-10-6-15(7-11-20)19-8-1-2-9-19/h1-5,8-9,12,15H,6-7,10-11,13H2. The molecule has 4 nitrogen and oxygen atoms in total. The Kier molecular flexibility index (Phi) is 4.68. The fourth-order valence-corrected chi connectivity index (χ4v) is 2.98. The van der Waals surface area contributed by atoms with E-state index in [2.05, 4.69) is 17.0 Å². The first-order chi connectivity index (χ1) is 10.7. The van der Waals surface area contributed by atoms with E-state index in [4.69, 9.17) is 16.3 Å². The highest BCUT2D eigenvalue weighted by Crippen LogP contribution is 2.23. The Morgan fingerprint density at radius 2 is 1.91 bits per heavy atom. The Balaban J connectivity index is 1.48. The van der Waals surface area contributed by atoms with Crippen LogP contribution in [0.4, 0.5) is 0 Å². The van der Waals surface area contributed by atoms with Crippen LogP contribution in [0.5, 0.6) is 5.75 Å². The average Bonchev–Trinajstić information content (AvgIpc) is 3.07. The maximum atomic E-state index is 12.2. The number of halogens is 1. The minimum atomic E-state index is 0.0333. The van der Waals surface area contributed by atoms with E-state index in [9.17, 15) is 4.79 Å². The number of piperidine rings is 1. The van der Waals surface area contributed by atoms with Crippen LogP contribution in [0.3, 0.4) is 0 Å². The van der Waals surface area contributed by atoms with E-state index in [1.165, 1.54) is 0 Å². The number of benzene rings is 1. The molecule has 1 fully saturated rings. The van der Waals surface area contributed by atoms with Crippen molar-refractivity contribution in [1.82, 2.24) is 9.47 Å². The van der Waals surface area contributed by atoms with Gasteiger partial charge in [0.25, 0.3) is 5.91 Å². The molecular formula is C17H19ClN2O2. The number of nitrogens with zero attached hydrogens (tertiary/aromatic N) is 2. The second-order valence-corrected chi connectivity index (χ2v) is 5.92. The predicted molar refractivity (Wildman–Crippen MR) is 86.2 cm³/mol. The van der Waals surface area contributed by atoms with Gasteiger partial charge in [0, 0.05) is 36.5 Å². The van der Waals surface area contributed by atoms with Crippen LogP contribution in [0.2, 0.25) is 5.02 Å². The van der Waals surface area contributed by atoms with Crippen molar-refractivity contribution in [3.8, 4) is 5.75 Å². The van der Waals surface area contributed by atoms with Crippen molar-refractivity contribution in [3.63, 3.8) is 0 Å². The molecule has 2 aromatic rings. The highest BCUT2D eigenvalue weighted by atomic mass is 35.5. The Labute approximate surface area is 135 Å². The summed E-state index contributed by atoms with van der Waals surface area (Å²) in [7, 11) is 0. The van der Waals surface area contributed by atoms with Crippen LogP contribution >= 0.6 is 11.6 Å². The number of amides is 1. The first-order valence-corrected chi connectivity index (χ1v) is 7.89. The summed E-state index contributed by atoms with van der Waals surface area (Å²) in [6.45, 7) is 1.62. The number of aromatic nitrogens is 1. The van der Waals surface area contributed by atoms with Crippen molar-refractivity contribution in [2.45, 2.75) is 18.9 Å². The van der Waals surface area contributed by atoms with Gasteiger partial charge in [-0.25, -0.2) is 0 Å². The molecule has 1 aromatic heterocycles. The Hall–Kier alpha value is -1.94. The highest BCUT2D eigenvalue weighted by Gasteiger charge is 2.23. The van der Waals surface area contributed by atoms with Crippen molar-refractivity contribution in [3.05, 3.63) is 53.8 Å². The van der Waals surface area contributed by atoms with Crippen LogP contribution in [0.25, 0.3) is 0 Å². The summed E-state index contributed by atoms with van der Waals surface area (Å²) in [5.41, 5.74) is 0. The van der Waals surface area contributed by atoms with E-state index in [1.807, 2.05) is 23.1 Å². The lowest BCUT2D eigenvalue weighted by atomic mass is 10.1. The van der Waals surface area contributed by atoms with Crippen LogP contribution in [0.15, 0.2) is 48.8 Å². The first-order valence-electron chi connectivity index (χ1n) is 7.51. The van der Waals surface area contributed by atoms with E-state index in [1.54, 1.807) is 18.2 Å². The lowest BCUT2D eigenvalue weighted by molar-refractivity contribution is -0.134. The largest absolute Gasteiger partial charge is 0.484 e. The van der Waals surface area contributed by atoms with Gasteiger partial charge in [0.1, 0.15) is 5.75 Å². The quantitative estimate of drug-likeness (QED) is 0.866. The summed E-state index contributed by atoms with van der Waals surface area (Å²) < 4.78 is 7.75. The normalized spacial score (nSPS) is 15.8. The van der Waals surface area contributed by atoms with Gasteiger partial charge in [-0.15, -0.1) is 0 Å². The zero-order chi connectivity index (χ0) is 15.4. The van der Waals surface area contributed by atoms with Gasteiger partial charge in [-0.1, -0.05) is 17.7 Å². The summed E-state index contributed by atoms with van der Waals surface area (Å²) in [4.78, 5) is 14.1. The number of likely N-dealkylation sites (tertiary alicyclic amines) is 1. The number of carbonyl (C=O) groups excluding carboxylic acids is 1. The molecule has 0 atom stereocenters. The van der Waals surface area contributed by atoms with Crippen LogP contribution in [0, 0.1) is 0 Å². The smallest absolute Gasteiger partial charge is 0.260 e. The van der Waals surface area contributed by atoms with Crippen molar-refractivity contribution in [2.24, 2.45) is 0 Å². The molecule has 1 aliphatic rings. The number of ether oxygens (including phenoxy) is 1. The lowest BCUT2D eigenvalue weighted by Gasteiger charge is -2.32. The van der Waals surface area contributed by atoms with E-state index >= 15 is 0 Å². The molecule has 22 heavy (non-hydrogen) atoms. The molecule has 0 aliphatic carbocycles. The van der Waals surface area contributed by atoms with Crippen LogP contribution < -0.4 is 4.74 Å². The van der Waals surface area contributed by atoms with Gasteiger partial charge in [-0.3, -0.25) is 4.79 Å². The highest BCUT2D eigenvalue weighted by molar-refractivity contribution is 6.30. The molecule has 0 unspecified atom stereocenters. The average molecular weight is 319 g/mol. The van der Waals surface area contributed by atoms with Crippen molar-refractivity contribution in [2.75, 3.05) is 19.7 Å². The summed E-state index contributed by atoms with van der Waals surface area (Å²) in [5, 5.41) is 0.609. The van der Waals surface area contributed by atoms with Gasteiger partial charge in [-0.2, -0.15) is 0 Å². The summed E-state index contributed by atoms with van der Waals surface area (Å²) >= 11 is 5.90. The molecule has 0 spiro atoms. The molecule has 0 N–H and O–H groups in total. The maximum absolute atomic E-state index is 12.2. The number of hydrogen-bond acceptors (Lipinski definition) is 2. The molecule has 3 rings (SSSR count). The van der Waals surface area contributed by atoms with Gasteiger partial charge < -0.3 is 14.2 Å². The SMILES string of the molecule is O=C(COc1cccc(Cl)c1)N1CCC(n2cccc2)CC1. The second kappa shape index (κ2) is 6.88. The van der Waals surface area contributed by atoms with Gasteiger partial charge in [0.05, 0.1) is 0 Å². The maximum Gasteiger partial charge on any atom is 0.260 e. The Morgan fingerprint density at radius 1 is 1.18 bits per heavy atom. The van der Waals surface area contributed by atoms with Gasteiger partial charge in [0.2, 0.25) is 0 Å². The monoisotopic (exact) mass is 318 g/mol. The first kappa shape index (κ1) is 15.0. The molecule has 0 saturated carbocycles. The Bertz CT molecular complexity index is 619. The van der Waals surface area contributed by atoms with Gasteiger partial charge >= 0.3 is 0 Å². The lowest BCUT2D eigenvalue weighted by Crippen LogP contribution is -2.41. The fourth-order valence-electron chi connectivity index (χ4n) is 2.80. The topological polar surface area (TPSA) is 34.5 Å². The third kappa shape index (κ3) is 3.63. The molecule has 0 radical (unpaired) electrons. The molecule has 1 aromatic carbocycles. The number of rotatable bonds is 4. The van der Waals surface area contributed by atoms with E-state index in [0.717, 1.165) is 25.9 Å². The molecular weight excluding hydrogens is 300 g/mol. The Morgan fingerprint density at radius 3 is 2.59 bits per heavy atom. The molecule has 1 saturated heterocycles.